The van der Waals surface area contributed by atoms with Crippen molar-refractivity contribution in [3.8, 4) is 0 Å². The highest BCUT2D eigenvalue weighted by Crippen LogP contribution is 2.38. The molecule has 9 heteroatoms. The molecule has 0 saturated carbocycles. The van der Waals surface area contributed by atoms with Gasteiger partial charge in [-0.15, -0.1) is 0 Å². The van der Waals surface area contributed by atoms with Crippen molar-refractivity contribution in [1.29, 1.82) is 0 Å². The molecule has 1 unspecified atom stereocenters. The molecule has 36 heavy (non-hydrogen) atoms. The maximum absolute atomic E-state index is 15.5. The van der Waals surface area contributed by atoms with E-state index in [2.05, 4.69) is 27.1 Å². The van der Waals surface area contributed by atoms with Crippen molar-refractivity contribution >= 4 is 5.82 Å². The van der Waals surface area contributed by atoms with E-state index in [9.17, 15) is 13.2 Å². The fourth-order valence-electron chi connectivity index (χ4n) is 4.70. The lowest BCUT2D eigenvalue weighted by molar-refractivity contribution is -0.137. The monoisotopic (exact) mass is 495 g/mol. The van der Waals surface area contributed by atoms with E-state index in [-0.39, 0.29) is 11.9 Å². The SMILES string of the molecule is Fc1c(CCc2ccc(Cn3ccnc3)cc2)ncnc1N1CCCC1c1ccc(C(F)(F)F)cc1. The Morgan fingerprint density at radius 1 is 0.917 bits per heavy atom. The lowest BCUT2D eigenvalue weighted by Crippen LogP contribution is -2.25. The van der Waals surface area contributed by atoms with Crippen molar-refractivity contribution in [1.82, 2.24) is 19.5 Å². The van der Waals surface area contributed by atoms with E-state index in [1.807, 2.05) is 27.8 Å². The highest BCUT2D eigenvalue weighted by atomic mass is 19.4. The number of anilines is 1. The molecule has 5 nitrogen and oxygen atoms in total. The number of imidazole rings is 1. The summed E-state index contributed by atoms with van der Waals surface area (Å²) in [5.41, 5.74) is 2.58. The minimum Gasteiger partial charge on any atom is -0.347 e. The van der Waals surface area contributed by atoms with Crippen LogP contribution < -0.4 is 4.90 Å². The number of nitrogens with zero attached hydrogens (tertiary/aromatic N) is 5. The Morgan fingerprint density at radius 2 is 1.67 bits per heavy atom. The molecule has 2 aromatic heterocycles. The summed E-state index contributed by atoms with van der Waals surface area (Å²) < 4.78 is 56.3. The number of benzene rings is 2. The molecule has 1 saturated heterocycles. The van der Waals surface area contributed by atoms with Crippen LogP contribution >= 0.6 is 0 Å². The van der Waals surface area contributed by atoms with Gasteiger partial charge in [0.05, 0.1) is 23.6 Å². The van der Waals surface area contributed by atoms with Gasteiger partial charge in [0.25, 0.3) is 0 Å². The molecule has 1 aliphatic rings. The molecule has 1 fully saturated rings. The third kappa shape index (κ3) is 5.24. The molecule has 3 heterocycles. The van der Waals surface area contributed by atoms with Gasteiger partial charge < -0.3 is 9.47 Å². The summed E-state index contributed by atoms with van der Waals surface area (Å²) >= 11 is 0. The average Bonchev–Trinajstić information content (AvgIpc) is 3.56. The van der Waals surface area contributed by atoms with Crippen molar-refractivity contribution in [3.63, 3.8) is 0 Å². The second-order valence-electron chi connectivity index (χ2n) is 8.98. The Morgan fingerprint density at radius 3 is 2.36 bits per heavy atom. The highest BCUT2D eigenvalue weighted by molar-refractivity contribution is 5.46. The molecular formula is C27H25F4N5. The van der Waals surface area contributed by atoms with Crippen molar-refractivity contribution < 1.29 is 17.6 Å². The Bertz CT molecular complexity index is 1290. The molecule has 0 radical (unpaired) electrons. The summed E-state index contributed by atoms with van der Waals surface area (Å²) in [5, 5.41) is 0. The van der Waals surface area contributed by atoms with Crippen LogP contribution in [0, 0.1) is 5.82 Å². The van der Waals surface area contributed by atoms with Gasteiger partial charge in [0, 0.05) is 25.5 Å². The molecule has 0 N–H and O–H groups in total. The first-order chi connectivity index (χ1) is 17.4. The van der Waals surface area contributed by atoms with E-state index in [0.29, 0.717) is 25.1 Å². The van der Waals surface area contributed by atoms with Crippen LogP contribution in [0.15, 0.2) is 73.6 Å². The Balaban J connectivity index is 1.28. The fourth-order valence-corrected chi connectivity index (χ4v) is 4.70. The van der Waals surface area contributed by atoms with Crippen LogP contribution in [-0.4, -0.2) is 26.1 Å². The Hall–Kier alpha value is -3.75. The summed E-state index contributed by atoms with van der Waals surface area (Å²) in [6.45, 7) is 1.32. The van der Waals surface area contributed by atoms with Crippen LogP contribution in [0.3, 0.4) is 0 Å². The van der Waals surface area contributed by atoms with E-state index in [0.717, 1.165) is 48.2 Å². The number of rotatable bonds is 7. The standard InChI is InChI=1S/C27H25F4N5/c28-25-23(12-7-19-3-5-20(6-4-19)16-35-15-13-32-18-35)33-17-34-26(25)36-14-1-2-24(36)21-8-10-22(11-9-21)27(29,30)31/h3-6,8-11,13,15,17-18,24H,1-2,7,12,14,16H2. The van der Waals surface area contributed by atoms with Gasteiger partial charge in [0.2, 0.25) is 0 Å². The van der Waals surface area contributed by atoms with Gasteiger partial charge in [-0.2, -0.15) is 13.2 Å². The van der Waals surface area contributed by atoms with E-state index in [1.165, 1.54) is 18.5 Å². The van der Waals surface area contributed by atoms with Gasteiger partial charge in [0.1, 0.15) is 6.33 Å². The first-order valence-electron chi connectivity index (χ1n) is 11.9. The van der Waals surface area contributed by atoms with Crippen molar-refractivity contribution in [2.75, 3.05) is 11.4 Å². The second-order valence-corrected chi connectivity index (χ2v) is 8.98. The summed E-state index contributed by atoms with van der Waals surface area (Å²) in [5.74, 6) is -0.258. The topological polar surface area (TPSA) is 46.8 Å². The van der Waals surface area contributed by atoms with E-state index >= 15 is 4.39 Å². The molecule has 0 spiro atoms. The van der Waals surface area contributed by atoms with Crippen molar-refractivity contribution in [2.24, 2.45) is 0 Å². The molecule has 4 aromatic rings. The predicted molar refractivity (Wildman–Crippen MR) is 128 cm³/mol. The largest absolute Gasteiger partial charge is 0.416 e. The lowest BCUT2D eigenvalue weighted by Gasteiger charge is -2.27. The Labute approximate surface area is 206 Å². The summed E-state index contributed by atoms with van der Waals surface area (Å²) in [7, 11) is 0. The maximum Gasteiger partial charge on any atom is 0.416 e. The smallest absolute Gasteiger partial charge is 0.347 e. The van der Waals surface area contributed by atoms with Gasteiger partial charge in [-0.1, -0.05) is 36.4 Å². The third-order valence-corrected chi connectivity index (χ3v) is 6.59. The van der Waals surface area contributed by atoms with Gasteiger partial charge in [-0.05, 0) is 54.5 Å². The molecule has 1 aliphatic heterocycles. The van der Waals surface area contributed by atoms with Crippen molar-refractivity contribution in [2.45, 2.75) is 44.4 Å². The maximum atomic E-state index is 15.5. The zero-order valence-corrected chi connectivity index (χ0v) is 19.5. The van der Waals surface area contributed by atoms with Gasteiger partial charge in [-0.25, -0.2) is 19.3 Å². The lowest BCUT2D eigenvalue weighted by atomic mass is 10.0. The van der Waals surface area contributed by atoms with Gasteiger partial charge in [-0.3, -0.25) is 0 Å². The first-order valence-corrected chi connectivity index (χ1v) is 11.9. The van der Waals surface area contributed by atoms with Crippen LogP contribution in [-0.2, 0) is 25.6 Å². The molecule has 0 aliphatic carbocycles. The minimum absolute atomic E-state index is 0.207. The molecule has 0 bridgehead atoms. The van der Waals surface area contributed by atoms with E-state index in [4.69, 9.17) is 0 Å². The van der Waals surface area contributed by atoms with Gasteiger partial charge >= 0.3 is 6.18 Å². The Kier molecular flexibility index (Phi) is 6.71. The number of alkyl halides is 3. The average molecular weight is 496 g/mol. The van der Waals surface area contributed by atoms with Gasteiger partial charge in [0.15, 0.2) is 11.6 Å². The summed E-state index contributed by atoms with van der Waals surface area (Å²) in [6, 6.07) is 13.0. The highest BCUT2D eigenvalue weighted by Gasteiger charge is 2.33. The minimum atomic E-state index is -4.39. The zero-order valence-electron chi connectivity index (χ0n) is 19.5. The number of halogens is 4. The van der Waals surface area contributed by atoms with Crippen LogP contribution in [0.2, 0.25) is 0 Å². The van der Waals surface area contributed by atoms with E-state index in [1.54, 1.807) is 12.5 Å². The summed E-state index contributed by atoms with van der Waals surface area (Å²) in [4.78, 5) is 14.3. The van der Waals surface area contributed by atoms with Crippen LogP contribution in [0.25, 0.3) is 0 Å². The molecule has 1 atom stereocenters. The molecule has 186 valence electrons. The molecule has 5 rings (SSSR count). The van der Waals surface area contributed by atoms with E-state index < -0.39 is 17.6 Å². The quantitative estimate of drug-likeness (QED) is 0.295. The van der Waals surface area contributed by atoms with Crippen LogP contribution in [0.5, 0.6) is 0 Å². The number of aryl methyl sites for hydroxylation is 2. The third-order valence-electron chi connectivity index (χ3n) is 6.59. The molecular weight excluding hydrogens is 470 g/mol. The zero-order chi connectivity index (χ0) is 25.1. The van der Waals surface area contributed by atoms with Crippen molar-refractivity contribution in [3.05, 3.63) is 107 Å². The number of hydrogen-bond donors (Lipinski definition) is 0. The first kappa shape index (κ1) is 24.0. The van der Waals surface area contributed by atoms with Crippen LogP contribution in [0.4, 0.5) is 23.4 Å². The van der Waals surface area contributed by atoms with Crippen LogP contribution in [0.1, 0.15) is 46.8 Å². The number of hydrogen-bond acceptors (Lipinski definition) is 4. The molecule has 0 amide bonds. The fraction of sp³-hybridized carbons (Fsp3) is 0.296. The predicted octanol–water partition coefficient (Wildman–Crippen LogP) is 6.01. The second kappa shape index (κ2) is 10.1. The summed E-state index contributed by atoms with van der Waals surface area (Å²) in [6.07, 6.45) is 4.96. The number of aromatic nitrogens is 4. The molecule has 2 aromatic carbocycles. The normalized spacial score (nSPS) is 16.0.